The van der Waals surface area contributed by atoms with Crippen molar-refractivity contribution in [2.24, 2.45) is 5.73 Å². The van der Waals surface area contributed by atoms with Gasteiger partial charge >= 0.3 is 0 Å². The van der Waals surface area contributed by atoms with Crippen LogP contribution in [0, 0.1) is 0 Å². The van der Waals surface area contributed by atoms with E-state index in [0.717, 1.165) is 22.0 Å². The van der Waals surface area contributed by atoms with Crippen molar-refractivity contribution in [1.29, 1.82) is 0 Å². The molecule has 0 aliphatic rings. The fraction of sp³-hybridized carbons (Fsp3) is 0.286. The van der Waals surface area contributed by atoms with Crippen LogP contribution in [0.4, 0.5) is 0 Å². The minimum Gasteiger partial charge on any atom is -0.393 e. The number of rotatable bonds is 7. The van der Waals surface area contributed by atoms with Gasteiger partial charge in [0.25, 0.3) is 5.91 Å². The first-order valence-electron chi connectivity index (χ1n) is 8.98. The molecule has 0 radical (unpaired) electrons. The van der Waals surface area contributed by atoms with Crippen molar-refractivity contribution in [3.05, 3.63) is 60.3 Å². The second-order valence-corrected chi connectivity index (χ2v) is 6.55. The van der Waals surface area contributed by atoms with Crippen molar-refractivity contribution in [2.75, 3.05) is 6.54 Å². The molecule has 1 heterocycles. The van der Waals surface area contributed by atoms with Gasteiger partial charge in [0, 0.05) is 29.1 Å². The van der Waals surface area contributed by atoms with E-state index in [2.05, 4.69) is 10.3 Å². The minimum atomic E-state index is -0.435. The maximum absolute atomic E-state index is 12.8. The van der Waals surface area contributed by atoms with Crippen molar-refractivity contribution in [2.45, 2.75) is 31.9 Å². The lowest BCUT2D eigenvalue weighted by Gasteiger charge is -2.16. The van der Waals surface area contributed by atoms with E-state index >= 15 is 0 Å². The lowest BCUT2D eigenvalue weighted by atomic mass is 10.0. The Bertz CT molecular complexity index is 873. The topological polar surface area (TPSA) is 91.1 Å². The van der Waals surface area contributed by atoms with Crippen LogP contribution in [-0.4, -0.2) is 34.7 Å². The monoisotopic (exact) mass is 351 g/mol. The van der Waals surface area contributed by atoms with Gasteiger partial charge in [-0.25, -0.2) is 0 Å². The maximum Gasteiger partial charge on any atom is 0.268 e. The van der Waals surface area contributed by atoms with Crippen molar-refractivity contribution < 1.29 is 9.90 Å². The number of H-pyrrole nitrogens is 1. The minimum absolute atomic E-state index is 0.193. The maximum atomic E-state index is 12.8. The van der Waals surface area contributed by atoms with Crippen molar-refractivity contribution >= 4 is 16.8 Å². The molecular weight excluding hydrogens is 326 g/mol. The molecule has 1 amide bonds. The highest BCUT2D eigenvalue weighted by Gasteiger charge is 2.19. The lowest BCUT2D eigenvalue weighted by Crippen LogP contribution is -2.39. The predicted octanol–water partition coefficient (Wildman–Crippen LogP) is 3.05. The summed E-state index contributed by atoms with van der Waals surface area (Å²) in [5.41, 5.74) is 9.34. The summed E-state index contributed by atoms with van der Waals surface area (Å²) in [5, 5.41) is 13.6. The van der Waals surface area contributed by atoms with E-state index in [9.17, 15) is 9.90 Å². The molecular formula is C21H25N3O2. The van der Waals surface area contributed by atoms with Gasteiger partial charge in [-0.3, -0.25) is 4.79 Å². The van der Waals surface area contributed by atoms with Crippen LogP contribution in [0.15, 0.2) is 54.6 Å². The third-order valence-electron chi connectivity index (χ3n) is 4.57. The number of benzene rings is 2. The van der Waals surface area contributed by atoms with Crippen LogP contribution in [0.3, 0.4) is 0 Å². The number of amides is 1. The molecule has 0 saturated heterocycles. The molecule has 2 atom stereocenters. The Labute approximate surface area is 153 Å². The predicted molar refractivity (Wildman–Crippen MR) is 105 cm³/mol. The SMILES string of the molecule is CCC(O)C[C@H](N)CNC(=O)c1[nH]c2ccccc2c1-c1ccccc1. The summed E-state index contributed by atoms with van der Waals surface area (Å²) in [6.07, 6.45) is 0.687. The van der Waals surface area contributed by atoms with Gasteiger partial charge in [0.2, 0.25) is 0 Å². The number of carbonyl (C=O) groups excluding carboxylic acids is 1. The first kappa shape index (κ1) is 18.2. The number of carbonyl (C=O) groups is 1. The molecule has 2 aromatic carbocycles. The van der Waals surface area contributed by atoms with Crippen LogP contribution < -0.4 is 11.1 Å². The third-order valence-corrected chi connectivity index (χ3v) is 4.57. The zero-order chi connectivity index (χ0) is 18.5. The molecule has 1 aromatic heterocycles. The highest BCUT2D eigenvalue weighted by Crippen LogP contribution is 2.32. The van der Waals surface area contributed by atoms with Gasteiger partial charge in [0.1, 0.15) is 5.69 Å². The summed E-state index contributed by atoms with van der Waals surface area (Å²) >= 11 is 0. The Kier molecular flexibility index (Phi) is 5.71. The average molecular weight is 351 g/mol. The number of aromatic nitrogens is 1. The van der Waals surface area contributed by atoms with Crippen LogP contribution >= 0.6 is 0 Å². The molecule has 0 spiro atoms. The number of hydrogen-bond donors (Lipinski definition) is 4. The zero-order valence-electron chi connectivity index (χ0n) is 14.9. The van der Waals surface area contributed by atoms with Gasteiger partial charge in [-0.1, -0.05) is 55.5 Å². The van der Waals surface area contributed by atoms with Crippen LogP contribution in [0.5, 0.6) is 0 Å². The molecule has 0 saturated carbocycles. The van der Waals surface area contributed by atoms with E-state index < -0.39 is 6.10 Å². The molecule has 0 aliphatic heterocycles. The Morgan fingerprint density at radius 3 is 2.58 bits per heavy atom. The van der Waals surface area contributed by atoms with Crippen LogP contribution in [0.1, 0.15) is 30.3 Å². The highest BCUT2D eigenvalue weighted by molar-refractivity contribution is 6.09. The fourth-order valence-electron chi connectivity index (χ4n) is 3.13. The number of nitrogens with two attached hydrogens (primary N) is 1. The number of fused-ring (bicyclic) bond motifs is 1. The van der Waals surface area contributed by atoms with Crippen molar-refractivity contribution in [3.8, 4) is 11.1 Å². The molecule has 5 N–H and O–H groups in total. The fourth-order valence-corrected chi connectivity index (χ4v) is 3.13. The van der Waals surface area contributed by atoms with Crippen LogP contribution in [-0.2, 0) is 0 Å². The average Bonchev–Trinajstić information content (AvgIpc) is 3.06. The Hall–Kier alpha value is -2.63. The second kappa shape index (κ2) is 8.17. The number of hydrogen-bond acceptors (Lipinski definition) is 3. The second-order valence-electron chi connectivity index (χ2n) is 6.55. The molecule has 1 unspecified atom stereocenters. The van der Waals surface area contributed by atoms with Gasteiger partial charge < -0.3 is 21.1 Å². The van der Waals surface area contributed by atoms with E-state index in [1.807, 2.05) is 61.5 Å². The van der Waals surface area contributed by atoms with Gasteiger partial charge in [0.05, 0.1) is 6.10 Å². The molecule has 0 fully saturated rings. The summed E-state index contributed by atoms with van der Waals surface area (Å²) in [6.45, 7) is 2.23. The summed E-state index contributed by atoms with van der Waals surface area (Å²) in [5.74, 6) is -0.193. The summed E-state index contributed by atoms with van der Waals surface area (Å²) in [4.78, 5) is 16.0. The quantitative estimate of drug-likeness (QED) is 0.527. The summed E-state index contributed by atoms with van der Waals surface area (Å²) in [6, 6.07) is 17.5. The van der Waals surface area contributed by atoms with Gasteiger partial charge in [-0.05, 0) is 24.5 Å². The highest BCUT2D eigenvalue weighted by atomic mass is 16.3. The lowest BCUT2D eigenvalue weighted by molar-refractivity contribution is 0.0940. The molecule has 0 bridgehead atoms. The van der Waals surface area contributed by atoms with Crippen LogP contribution in [0.2, 0.25) is 0 Å². The normalized spacial score (nSPS) is 13.5. The molecule has 3 rings (SSSR count). The summed E-state index contributed by atoms with van der Waals surface area (Å²) in [7, 11) is 0. The van der Waals surface area contributed by atoms with Gasteiger partial charge in [-0.15, -0.1) is 0 Å². The molecule has 26 heavy (non-hydrogen) atoms. The smallest absolute Gasteiger partial charge is 0.268 e. The number of aromatic amines is 1. The molecule has 5 nitrogen and oxygen atoms in total. The Morgan fingerprint density at radius 1 is 1.15 bits per heavy atom. The Balaban J connectivity index is 1.86. The van der Waals surface area contributed by atoms with E-state index in [-0.39, 0.29) is 11.9 Å². The number of nitrogens with one attached hydrogen (secondary N) is 2. The summed E-state index contributed by atoms with van der Waals surface area (Å²) < 4.78 is 0. The zero-order valence-corrected chi connectivity index (χ0v) is 14.9. The standard InChI is InChI=1S/C21H25N3O2/c1-2-16(25)12-15(22)13-23-21(26)20-19(14-8-4-3-5-9-14)17-10-6-7-11-18(17)24-20/h3-11,15-16,24-25H,2,12-13,22H2,1H3,(H,23,26)/t15-,16?/m0/s1. The van der Waals surface area contributed by atoms with E-state index in [1.165, 1.54) is 0 Å². The molecule has 5 heteroatoms. The van der Waals surface area contributed by atoms with E-state index in [4.69, 9.17) is 5.73 Å². The first-order valence-corrected chi connectivity index (χ1v) is 8.98. The van der Waals surface area contributed by atoms with Gasteiger partial charge in [0.15, 0.2) is 0 Å². The van der Waals surface area contributed by atoms with Crippen LogP contribution in [0.25, 0.3) is 22.0 Å². The molecule has 0 aliphatic carbocycles. The number of aliphatic hydroxyl groups is 1. The molecule has 136 valence electrons. The largest absolute Gasteiger partial charge is 0.393 e. The van der Waals surface area contributed by atoms with E-state index in [1.54, 1.807) is 0 Å². The molecule has 3 aromatic rings. The number of para-hydroxylation sites is 1. The van der Waals surface area contributed by atoms with Gasteiger partial charge in [-0.2, -0.15) is 0 Å². The third kappa shape index (κ3) is 3.95. The first-order chi connectivity index (χ1) is 12.6. The van der Waals surface area contributed by atoms with E-state index in [0.29, 0.717) is 25.1 Å². The Morgan fingerprint density at radius 2 is 1.85 bits per heavy atom. The van der Waals surface area contributed by atoms with Crippen molar-refractivity contribution in [3.63, 3.8) is 0 Å². The van der Waals surface area contributed by atoms with Crippen molar-refractivity contribution in [1.82, 2.24) is 10.3 Å². The number of aliphatic hydroxyl groups excluding tert-OH is 1.